The summed E-state index contributed by atoms with van der Waals surface area (Å²) in [7, 11) is 1.37. The summed E-state index contributed by atoms with van der Waals surface area (Å²) in [6, 6.07) is 2.09. The minimum absolute atomic E-state index is 0. The van der Waals surface area contributed by atoms with Crippen molar-refractivity contribution in [1.82, 2.24) is 11.1 Å². The summed E-state index contributed by atoms with van der Waals surface area (Å²) in [6.07, 6.45) is -3.35. The van der Waals surface area contributed by atoms with Crippen LogP contribution in [0, 0.1) is 0 Å². The van der Waals surface area contributed by atoms with Crippen LogP contribution in [0.5, 0.6) is 5.75 Å². The fraction of sp³-hybridized carbons (Fsp3) is 0.286. The van der Waals surface area contributed by atoms with Gasteiger partial charge in [-0.05, 0) is 12.1 Å². The lowest BCUT2D eigenvalue weighted by molar-refractivity contribution is -0.141. The van der Waals surface area contributed by atoms with Crippen LogP contribution in [0.3, 0.4) is 0 Å². The number of hydrogen-bond acceptors (Lipinski definition) is 3. The number of halogens is 3. The van der Waals surface area contributed by atoms with Crippen molar-refractivity contribution in [3.63, 3.8) is 0 Å². The van der Waals surface area contributed by atoms with Crippen molar-refractivity contribution in [2.75, 3.05) is 7.11 Å². The summed E-state index contributed by atoms with van der Waals surface area (Å²) in [6.45, 7) is 0. The predicted molar refractivity (Wildman–Crippen MR) is 40.8 cm³/mol. The van der Waals surface area contributed by atoms with Crippen molar-refractivity contribution in [3.05, 3.63) is 24.0 Å². The molecule has 0 aliphatic rings. The van der Waals surface area contributed by atoms with Gasteiger partial charge in [-0.15, -0.1) is 0 Å². The van der Waals surface area contributed by atoms with Crippen LogP contribution in [0.2, 0.25) is 0 Å². The third kappa shape index (κ3) is 2.90. The minimum Gasteiger partial charge on any atom is -0.495 e. The SMILES string of the molecule is COc1ccc(C(F)(F)F)nc1.N. The van der Waals surface area contributed by atoms with Gasteiger partial charge < -0.3 is 10.9 Å². The van der Waals surface area contributed by atoms with E-state index in [1.165, 1.54) is 13.2 Å². The van der Waals surface area contributed by atoms with E-state index in [1.54, 1.807) is 0 Å². The summed E-state index contributed by atoms with van der Waals surface area (Å²) in [5.74, 6) is 0.308. The van der Waals surface area contributed by atoms with E-state index < -0.39 is 11.9 Å². The Labute approximate surface area is 73.1 Å². The fourth-order valence-corrected chi connectivity index (χ4v) is 0.669. The second-order valence-corrected chi connectivity index (χ2v) is 2.08. The topological polar surface area (TPSA) is 57.1 Å². The standard InChI is InChI=1S/C7H6F3NO.H3N/c1-12-5-2-3-6(11-4-5)7(8,9)10;/h2-4H,1H3;1H3. The van der Waals surface area contributed by atoms with E-state index in [-0.39, 0.29) is 6.15 Å². The zero-order valence-corrected chi connectivity index (χ0v) is 6.93. The first-order valence-electron chi connectivity index (χ1n) is 3.11. The molecular weight excluding hydrogens is 185 g/mol. The Morgan fingerprint density at radius 2 is 1.92 bits per heavy atom. The third-order valence-electron chi connectivity index (χ3n) is 1.26. The molecule has 0 spiro atoms. The molecule has 0 aromatic carbocycles. The van der Waals surface area contributed by atoms with Gasteiger partial charge in [-0.2, -0.15) is 13.2 Å². The van der Waals surface area contributed by atoms with Crippen molar-refractivity contribution in [3.8, 4) is 5.75 Å². The highest BCUT2D eigenvalue weighted by Crippen LogP contribution is 2.27. The third-order valence-corrected chi connectivity index (χ3v) is 1.26. The molecular formula is C7H9F3N2O. The van der Waals surface area contributed by atoms with Gasteiger partial charge in [0.15, 0.2) is 0 Å². The number of pyridine rings is 1. The quantitative estimate of drug-likeness (QED) is 0.745. The molecule has 0 fully saturated rings. The average molecular weight is 194 g/mol. The van der Waals surface area contributed by atoms with Crippen molar-refractivity contribution in [1.29, 1.82) is 0 Å². The fourth-order valence-electron chi connectivity index (χ4n) is 0.669. The molecule has 0 radical (unpaired) electrons. The van der Waals surface area contributed by atoms with Crippen LogP contribution in [0.25, 0.3) is 0 Å². The normalized spacial score (nSPS) is 10.5. The number of aromatic nitrogens is 1. The van der Waals surface area contributed by atoms with Crippen LogP contribution in [0.4, 0.5) is 13.2 Å². The Hall–Kier alpha value is -1.30. The molecule has 0 saturated carbocycles. The predicted octanol–water partition coefficient (Wildman–Crippen LogP) is 2.27. The molecule has 1 heterocycles. The lowest BCUT2D eigenvalue weighted by Crippen LogP contribution is -2.07. The second kappa shape index (κ2) is 4.08. The molecule has 3 nitrogen and oxygen atoms in total. The molecule has 0 aliphatic heterocycles. The van der Waals surface area contributed by atoms with Crippen LogP contribution in [0.15, 0.2) is 18.3 Å². The van der Waals surface area contributed by atoms with E-state index in [0.29, 0.717) is 5.75 Å². The Morgan fingerprint density at radius 3 is 2.23 bits per heavy atom. The van der Waals surface area contributed by atoms with E-state index in [4.69, 9.17) is 0 Å². The van der Waals surface area contributed by atoms with E-state index in [0.717, 1.165) is 12.3 Å². The van der Waals surface area contributed by atoms with E-state index >= 15 is 0 Å². The first kappa shape index (κ1) is 11.7. The maximum absolute atomic E-state index is 11.9. The van der Waals surface area contributed by atoms with Crippen LogP contribution in [0.1, 0.15) is 5.69 Å². The molecule has 13 heavy (non-hydrogen) atoms. The van der Waals surface area contributed by atoms with Crippen LogP contribution >= 0.6 is 0 Å². The molecule has 0 unspecified atom stereocenters. The largest absolute Gasteiger partial charge is 0.495 e. The van der Waals surface area contributed by atoms with Gasteiger partial charge in [-0.3, -0.25) is 0 Å². The molecule has 0 aliphatic carbocycles. The molecule has 0 bridgehead atoms. The number of alkyl halides is 3. The Bertz CT molecular complexity index is 257. The Kier molecular flexibility index (Phi) is 3.68. The van der Waals surface area contributed by atoms with Gasteiger partial charge >= 0.3 is 6.18 Å². The zero-order valence-electron chi connectivity index (χ0n) is 6.93. The first-order valence-corrected chi connectivity index (χ1v) is 3.11. The van der Waals surface area contributed by atoms with Crippen molar-refractivity contribution in [2.45, 2.75) is 6.18 Å². The van der Waals surface area contributed by atoms with E-state index in [1.807, 2.05) is 0 Å². The number of methoxy groups -OCH3 is 1. The molecule has 3 N–H and O–H groups in total. The zero-order chi connectivity index (χ0) is 9.19. The van der Waals surface area contributed by atoms with Crippen LogP contribution < -0.4 is 10.9 Å². The van der Waals surface area contributed by atoms with E-state index in [2.05, 4.69) is 9.72 Å². The molecule has 6 heteroatoms. The molecule has 0 amide bonds. The first-order chi connectivity index (χ1) is 5.54. The molecule has 1 aromatic rings. The highest BCUT2D eigenvalue weighted by molar-refractivity contribution is 5.20. The van der Waals surface area contributed by atoms with Gasteiger partial charge in [0.1, 0.15) is 11.4 Å². The molecule has 0 atom stereocenters. The monoisotopic (exact) mass is 194 g/mol. The van der Waals surface area contributed by atoms with Crippen molar-refractivity contribution < 1.29 is 17.9 Å². The van der Waals surface area contributed by atoms with Crippen molar-refractivity contribution in [2.24, 2.45) is 0 Å². The number of nitrogens with zero attached hydrogens (tertiary/aromatic N) is 1. The number of ether oxygens (including phenoxy) is 1. The lowest BCUT2D eigenvalue weighted by atomic mass is 10.3. The van der Waals surface area contributed by atoms with Gasteiger partial charge in [0.2, 0.25) is 0 Å². The second-order valence-electron chi connectivity index (χ2n) is 2.08. The Morgan fingerprint density at radius 1 is 1.31 bits per heavy atom. The summed E-state index contributed by atoms with van der Waals surface area (Å²) in [5.41, 5.74) is -0.914. The highest BCUT2D eigenvalue weighted by atomic mass is 19.4. The Balaban J connectivity index is 0.00000144. The van der Waals surface area contributed by atoms with E-state index in [9.17, 15) is 13.2 Å². The average Bonchev–Trinajstić information content (AvgIpc) is 2.03. The summed E-state index contributed by atoms with van der Waals surface area (Å²) < 4.78 is 40.4. The maximum atomic E-state index is 11.9. The summed E-state index contributed by atoms with van der Waals surface area (Å²) in [4.78, 5) is 3.17. The van der Waals surface area contributed by atoms with Gasteiger partial charge in [0.05, 0.1) is 13.3 Å². The smallest absolute Gasteiger partial charge is 0.433 e. The molecule has 74 valence electrons. The van der Waals surface area contributed by atoms with Gasteiger partial charge in [0.25, 0.3) is 0 Å². The van der Waals surface area contributed by atoms with Crippen LogP contribution in [-0.2, 0) is 6.18 Å². The number of hydrogen-bond donors (Lipinski definition) is 1. The molecule has 0 saturated heterocycles. The maximum Gasteiger partial charge on any atom is 0.433 e. The number of rotatable bonds is 1. The molecule has 1 rings (SSSR count). The van der Waals surface area contributed by atoms with Gasteiger partial charge in [0, 0.05) is 0 Å². The highest BCUT2D eigenvalue weighted by Gasteiger charge is 2.31. The minimum atomic E-state index is -4.38. The summed E-state index contributed by atoms with van der Waals surface area (Å²) >= 11 is 0. The van der Waals surface area contributed by atoms with Gasteiger partial charge in [-0.1, -0.05) is 0 Å². The molecule has 1 aromatic heterocycles. The summed E-state index contributed by atoms with van der Waals surface area (Å²) in [5, 5.41) is 0. The van der Waals surface area contributed by atoms with Crippen molar-refractivity contribution >= 4 is 0 Å². The lowest BCUT2D eigenvalue weighted by Gasteiger charge is -2.05. The van der Waals surface area contributed by atoms with Crippen LogP contribution in [-0.4, -0.2) is 12.1 Å². The van der Waals surface area contributed by atoms with Gasteiger partial charge in [-0.25, -0.2) is 4.98 Å².